The van der Waals surface area contributed by atoms with Gasteiger partial charge in [-0.05, 0) is 18.4 Å². The summed E-state index contributed by atoms with van der Waals surface area (Å²) in [5.74, 6) is -0.389. The average molecular weight is 314 g/mol. The Bertz CT molecular complexity index is 614. The van der Waals surface area contributed by atoms with Gasteiger partial charge in [-0.1, -0.05) is 43.7 Å². The molecule has 1 aromatic rings. The van der Waals surface area contributed by atoms with Crippen molar-refractivity contribution in [3.63, 3.8) is 0 Å². The van der Waals surface area contributed by atoms with E-state index >= 15 is 0 Å². The molecule has 1 aromatic carbocycles. The average Bonchev–Trinajstić information content (AvgIpc) is 2.75. The number of ketones is 1. The Labute approximate surface area is 136 Å². The van der Waals surface area contributed by atoms with Crippen molar-refractivity contribution in [2.45, 2.75) is 51.2 Å². The quantitative estimate of drug-likeness (QED) is 0.778. The topological polar surface area (TPSA) is 57.7 Å². The van der Waals surface area contributed by atoms with E-state index in [2.05, 4.69) is 0 Å². The lowest BCUT2D eigenvalue weighted by Gasteiger charge is -2.42. The van der Waals surface area contributed by atoms with E-state index in [0.29, 0.717) is 25.9 Å². The molecule has 3 aliphatic heterocycles. The molecule has 2 atom stereocenters. The first kappa shape index (κ1) is 15.7. The van der Waals surface area contributed by atoms with Crippen molar-refractivity contribution in [3.05, 3.63) is 35.9 Å². The maximum atomic E-state index is 12.9. The Kier molecular flexibility index (Phi) is 4.46. The fraction of sp³-hybridized carbons (Fsp3) is 0.500. The zero-order valence-corrected chi connectivity index (χ0v) is 13.4. The van der Waals surface area contributed by atoms with Gasteiger partial charge in [0.1, 0.15) is 6.04 Å². The summed E-state index contributed by atoms with van der Waals surface area (Å²) in [5, 5.41) is 0. The second-order valence-corrected chi connectivity index (χ2v) is 6.26. The molecule has 0 radical (unpaired) electrons. The monoisotopic (exact) mass is 314 g/mol. The van der Waals surface area contributed by atoms with Crippen LogP contribution in [0.25, 0.3) is 0 Å². The van der Waals surface area contributed by atoms with Crippen LogP contribution in [0.15, 0.2) is 30.3 Å². The van der Waals surface area contributed by atoms with E-state index in [9.17, 15) is 14.4 Å². The SMILES string of the molecule is CCCCN1C(=O)[C@@H]2CCC(=O)[C@H]1C(=O)N2Cc1ccccc1. The molecule has 3 aliphatic rings. The van der Waals surface area contributed by atoms with Gasteiger partial charge in [-0.2, -0.15) is 0 Å². The molecule has 0 aromatic heterocycles. The normalized spacial score (nSPS) is 24.3. The van der Waals surface area contributed by atoms with Crippen molar-refractivity contribution in [2.24, 2.45) is 0 Å². The summed E-state index contributed by atoms with van der Waals surface area (Å²) in [7, 11) is 0. The number of nitrogens with zero attached hydrogens (tertiary/aromatic N) is 2. The van der Waals surface area contributed by atoms with Crippen LogP contribution in [-0.4, -0.2) is 46.0 Å². The fourth-order valence-corrected chi connectivity index (χ4v) is 3.44. The zero-order chi connectivity index (χ0) is 16.4. The summed E-state index contributed by atoms with van der Waals surface area (Å²) < 4.78 is 0. The van der Waals surface area contributed by atoms with E-state index in [1.54, 1.807) is 4.90 Å². The summed E-state index contributed by atoms with van der Waals surface area (Å²) in [4.78, 5) is 41.1. The lowest BCUT2D eigenvalue weighted by atomic mass is 10.0. The van der Waals surface area contributed by atoms with Crippen molar-refractivity contribution in [2.75, 3.05) is 6.54 Å². The number of benzene rings is 1. The molecule has 5 nitrogen and oxygen atoms in total. The van der Waals surface area contributed by atoms with Crippen molar-refractivity contribution >= 4 is 17.6 Å². The Morgan fingerprint density at radius 1 is 1.04 bits per heavy atom. The van der Waals surface area contributed by atoms with Gasteiger partial charge in [-0.3, -0.25) is 14.4 Å². The Morgan fingerprint density at radius 3 is 2.48 bits per heavy atom. The molecule has 2 bridgehead atoms. The molecule has 0 aliphatic carbocycles. The predicted octanol–water partition coefficient (Wildman–Crippen LogP) is 1.76. The maximum absolute atomic E-state index is 12.9. The van der Waals surface area contributed by atoms with Crippen LogP contribution in [0.3, 0.4) is 0 Å². The Balaban J connectivity index is 1.88. The molecule has 3 saturated heterocycles. The van der Waals surface area contributed by atoms with Gasteiger partial charge in [0.25, 0.3) is 5.91 Å². The Morgan fingerprint density at radius 2 is 1.78 bits per heavy atom. The van der Waals surface area contributed by atoms with Crippen LogP contribution in [0.5, 0.6) is 0 Å². The van der Waals surface area contributed by atoms with E-state index in [4.69, 9.17) is 0 Å². The van der Waals surface area contributed by atoms with Gasteiger partial charge >= 0.3 is 0 Å². The van der Waals surface area contributed by atoms with Gasteiger partial charge in [0.15, 0.2) is 11.8 Å². The van der Waals surface area contributed by atoms with Crippen molar-refractivity contribution in [3.8, 4) is 0 Å². The molecule has 0 saturated carbocycles. The van der Waals surface area contributed by atoms with Crippen LogP contribution in [0, 0.1) is 0 Å². The van der Waals surface area contributed by atoms with Crippen LogP contribution in [-0.2, 0) is 20.9 Å². The highest BCUT2D eigenvalue weighted by Gasteiger charge is 2.51. The molecule has 0 N–H and O–H groups in total. The van der Waals surface area contributed by atoms with Crippen LogP contribution in [0.2, 0.25) is 0 Å². The number of rotatable bonds is 5. The maximum Gasteiger partial charge on any atom is 0.254 e. The molecule has 0 unspecified atom stereocenters. The smallest absolute Gasteiger partial charge is 0.254 e. The lowest BCUT2D eigenvalue weighted by molar-refractivity contribution is -0.162. The number of amides is 2. The third kappa shape index (κ3) is 2.87. The standard InChI is InChI=1S/C18H22N2O3/c1-2-3-11-19-16-15(21)10-9-14(17(19)22)20(18(16)23)12-13-7-5-4-6-8-13/h4-8,14,16H,2-3,9-12H2,1H3/t14-,16-/m0/s1. The van der Waals surface area contributed by atoms with Gasteiger partial charge < -0.3 is 9.80 Å². The largest absolute Gasteiger partial charge is 0.324 e. The first-order valence-electron chi connectivity index (χ1n) is 8.31. The van der Waals surface area contributed by atoms with E-state index in [1.807, 2.05) is 37.3 Å². The number of fused-ring (bicyclic) bond motifs is 4. The summed E-state index contributed by atoms with van der Waals surface area (Å²) >= 11 is 0. The number of carbonyl (C=O) groups excluding carboxylic acids is 3. The number of hydrogen-bond acceptors (Lipinski definition) is 3. The van der Waals surface area contributed by atoms with Crippen LogP contribution >= 0.6 is 0 Å². The first-order valence-corrected chi connectivity index (χ1v) is 8.31. The highest BCUT2D eigenvalue weighted by atomic mass is 16.2. The van der Waals surface area contributed by atoms with Crippen molar-refractivity contribution in [1.82, 2.24) is 9.80 Å². The van der Waals surface area contributed by atoms with E-state index in [1.165, 1.54) is 4.90 Å². The summed E-state index contributed by atoms with van der Waals surface area (Å²) in [6, 6.07) is 8.22. The number of piperazine rings is 1. The minimum Gasteiger partial charge on any atom is -0.324 e. The van der Waals surface area contributed by atoms with Gasteiger partial charge in [0.05, 0.1) is 0 Å². The van der Waals surface area contributed by atoms with Crippen LogP contribution in [0.4, 0.5) is 0 Å². The number of Topliss-reactive ketones (excluding diaryl/α,β-unsaturated/α-hetero) is 1. The first-order chi connectivity index (χ1) is 11.1. The third-order valence-electron chi connectivity index (χ3n) is 4.69. The second kappa shape index (κ2) is 6.52. The van der Waals surface area contributed by atoms with Gasteiger partial charge in [0, 0.05) is 19.5 Å². The van der Waals surface area contributed by atoms with E-state index in [0.717, 1.165) is 18.4 Å². The van der Waals surface area contributed by atoms with E-state index < -0.39 is 12.1 Å². The molecule has 122 valence electrons. The number of carbonyl (C=O) groups is 3. The molecule has 0 spiro atoms. The van der Waals surface area contributed by atoms with Crippen LogP contribution in [0.1, 0.15) is 38.2 Å². The lowest BCUT2D eigenvalue weighted by Crippen LogP contribution is -2.64. The summed E-state index contributed by atoms with van der Waals surface area (Å²) in [6.45, 7) is 2.92. The van der Waals surface area contributed by atoms with Crippen molar-refractivity contribution < 1.29 is 14.4 Å². The number of unbranched alkanes of at least 4 members (excludes halogenated alkanes) is 1. The van der Waals surface area contributed by atoms with E-state index in [-0.39, 0.29) is 17.6 Å². The molecule has 3 fully saturated rings. The molecule has 5 heteroatoms. The fourth-order valence-electron chi connectivity index (χ4n) is 3.44. The highest BCUT2D eigenvalue weighted by molar-refractivity contribution is 6.13. The molecule has 3 heterocycles. The van der Waals surface area contributed by atoms with Gasteiger partial charge in [-0.15, -0.1) is 0 Å². The summed E-state index contributed by atoms with van der Waals surface area (Å²) in [5.41, 5.74) is 0.980. The van der Waals surface area contributed by atoms with Gasteiger partial charge in [-0.25, -0.2) is 0 Å². The molecular formula is C18H22N2O3. The minimum atomic E-state index is -0.906. The summed E-state index contributed by atoms with van der Waals surface area (Å²) in [6.07, 6.45) is 2.49. The van der Waals surface area contributed by atoms with Gasteiger partial charge in [0.2, 0.25) is 5.91 Å². The van der Waals surface area contributed by atoms with Crippen molar-refractivity contribution in [1.29, 1.82) is 0 Å². The number of hydrogen-bond donors (Lipinski definition) is 0. The molecular weight excluding hydrogens is 292 g/mol. The molecule has 2 amide bonds. The minimum absolute atomic E-state index is 0.0650. The van der Waals surface area contributed by atoms with Crippen LogP contribution < -0.4 is 0 Å². The predicted molar refractivity (Wildman–Crippen MR) is 85.4 cm³/mol. The second-order valence-electron chi connectivity index (χ2n) is 6.26. The molecule has 23 heavy (non-hydrogen) atoms. The Hall–Kier alpha value is -2.17. The highest BCUT2D eigenvalue weighted by Crippen LogP contribution is 2.29. The third-order valence-corrected chi connectivity index (χ3v) is 4.69. The zero-order valence-electron chi connectivity index (χ0n) is 13.4. The molecule has 4 rings (SSSR count).